The van der Waals surface area contributed by atoms with E-state index < -0.39 is 6.10 Å². The molecule has 28 heavy (non-hydrogen) atoms. The van der Waals surface area contributed by atoms with Gasteiger partial charge in [0.05, 0.1) is 19.8 Å². The topological polar surface area (TPSA) is 66.9 Å². The van der Waals surface area contributed by atoms with E-state index in [9.17, 15) is 4.79 Å². The van der Waals surface area contributed by atoms with Crippen LogP contribution < -0.4 is 9.47 Å². The SMILES string of the molecule is CCOC(=O)C(Cc1ccc(OCCc2ccc(OCC)cc2)nc1)OCC. The van der Waals surface area contributed by atoms with Gasteiger partial charge >= 0.3 is 5.97 Å². The van der Waals surface area contributed by atoms with E-state index in [4.69, 9.17) is 18.9 Å². The molecule has 1 unspecified atom stereocenters. The van der Waals surface area contributed by atoms with Crippen molar-refractivity contribution in [3.05, 3.63) is 53.7 Å². The summed E-state index contributed by atoms with van der Waals surface area (Å²) in [5, 5.41) is 0. The molecule has 1 heterocycles. The molecule has 0 bridgehead atoms. The quantitative estimate of drug-likeness (QED) is 0.518. The molecule has 0 aliphatic rings. The summed E-state index contributed by atoms with van der Waals surface area (Å²) in [7, 11) is 0. The van der Waals surface area contributed by atoms with Gasteiger partial charge in [-0.25, -0.2) is 9.78 Å². The molecular weight excluding hydrogens is 358 g/mol. The molecule has 2 aromatic rings. The molecule has 6 nitrogen and oxygen atoms in total. The van der Waals surface area contributed by atoms with Gasteiger partial charge in [0.1, 0.15) is 5.75 Å². The fraction of sp³-hybridized carbons (Fsp3) is 0.455. The molecular formula is C22H29NO5. The minimum absolute atomic E-state index is 0.335. The van der Waals surface area contributed by atoms with E-state index in [0.717, 1.165) is 17.7 Å². The summed E-state index contributed by atoms with van der Waals surface area (Å²) in [6.45, 7) is 7.58. The summed E-state index contributed by atoms with van der Waals surface area (Å²) in [6.07, 6.45) is 2.30. The highest BCUT2D eigenvalue weighted by Gasteiger charge is 2.20. The third kappa shape index (κ3) is 7.19. The molecule has 0 aliphatic carbocycles. The van der Waals surface area contributed by atoms with Crippen molar-refractivity contribution in [1.82, 2.24) is 4.98 Å². The van der Waals surface area contributed by atoms with Crippen molar-refractivity contribution >= 4 is 5.97 Å². The molecule has 1 atom stereocenters. The summed E-state index contributed by atoms with van der Waals surface area (Å²) in [4.78, 5) is 16.3. The van der Waals surface area contributed by atoms with Gasteiger partial charge in [-0.05, 0) is 44.0 Å². The van der Waals surface area contributed by atoms with Gasteiger partial charge in [0.25, 0.3) is 0 Å². The van der Waals surface area contributed by atoms with Crippen molar-refractivity contribution in [2.45, 2.75) is 39.7 Å². The minimum atomic E-state index is -0.613. The molecule has 0 fully saturated rings. The molecule has 0 aliphatic heterocycles. The molecule has 1 aromatic carbocycles. The van der Waals surface area contributed by atoms with Crippen LogP contribution in [0.25, 0.3) is 0 Å². The van der Waals surface area contributed by atoms with Gasteiger partial charge in [-0.15, -0.1) is 0 Å². The van der Waals surface area contributed by atoms with E-state index in [-0.39, 0.29) is 5.97 Å². The molecule has 0 amide bonds. The Bertz CT molecular complexity index is 700. The molecule has 2 rings (SSSR count). The van der Waals surface area contributed by atoms with Crippen LogP contribution in [0.3, 0.4) is 0 Å². The average Bonchev–Trinajstić information content (AvgIpc) is 2.70. The number of hydrogen-bond acceptors (Lipinski definition) is 6. The van der Waals surface area contributed by atoms with Crippen LogP contribution in [0.1, 0.15) is 31.9 Å². The van der Waals surface area contributed by atoms with Crippen LogP contribution >= 0.6 is 0 Å². The number of aromatic nitrogens is 1. The molecule has 0 saturated carbocycles. The van der Waals surface area contributed by atoms with Gasteiger partial charge in [0, 0.05) is 31.7 Å². The number of ether oxygens (including phenoxy) is 4. The first-order valence-corrected chi connectivity index (χ1v) is 9.73. The lowest BCUT2D eigenvalue weighted by atomic mass is 10.1. The zero-order valence-electron chi connectivity index (χ0n) is 16.8. The summed E-state index contributed by atoms with van der Waals surface area (Å²) in [5.41, 5.74) is 2.07. The monoisotopic (exact) mass is 387 g/mol. The standard InChI is InChI=1S/C22H29NO5/c1-4-25-19-10-7-17(8-11-19)13-14-28-21-12-9-18(16-23-21)15-20(26-5-2)22(24)27-6-3/h7-12,16,20H,4-6,13-15H2,1-3H3. The van der Waals surface area contributed by atoms with E-state index >= 15 is 0 Å². The predicted octanol–water partition coefficient (Wildman–Crippen LogP) is 3.61. The highest BCUT2D eigenvalue weighted by molar-refractivity contribution is 5.75. The number of esters is 1. The number of hydrogen-bond donors (Lipinski definition) is 0. The Morgan fingerprint density at radius 2 is 1.68 bits per heavy atom. The third-order valence-electron chi connectivity index (χ3n) is 4.01. The second-order valence-corrected chi connectivity index (χ2v) is 6.08. The molecule has 1 aromatic heterocycles. The molecule has 0 radical (unpaired) electrons. The number of nitrogens with zero attached hydrogens (tertiary/aromatic N) is 1. The van der Waals surface area contributed by atoms with Crippen LogP contribution in [-0.2, 0) is 27.1 Å². The van der Waals surface area contributed by atoms with Gasteiger partial charge in [-0.3, -0.25) is 0 Å². The van der Waals surface area contributed by atoms with Crippen molar-refractivity contribution in [2.24, 2.45) is 0 Å². The van der Waals surface area contributed by atoms with Crippen LogP contribution in [0.5, 0.6) is 11.6 Å². The Morgan fingerprint density at radius 3 is 2.29 bits per heavy atom. The van der Waals surface area contributed by atoms with Crippen molar-refractivity contribution in [2.75, 3.05) is 26.4 Å². The molecule has 0 saturated heterocycles. The molecule has 0 N–H and O–H groups in total. The first kappa shape index (κ1) is 21.7. The lowest BCUT2D eigenvalue weighted by Gasteiger charge is -2.15. The second-order valence-electron chi connectivity index (χ2n) is 6.08. The highest BCUT2D eigenvalue weighted by Crippen LogP contribution is 2.14. The first-order valence-electron chi connectivity index (χ1n) is 9.73. The Kier molecular flexibility index (Phi) is 9.28. The van der Waals surface area contributed by atoms with Crippen molar-refractivity contribution in [1.29, 1.82) is 0 Å². The second kappa shape index (κ2) is 12.0. The zero-order valence-corrected chi connectivity index (χ0v) is 16.8. The van der Waals surface area contributed by atoms with Crippen molar-refractivity contribution in [3.63, 3.8) is 0 Å². The van der Waals surface area contributed by atoms with E-state index in [2.05, 4.69) is 4.98 Å². The molecule has 6 heteroatoms. The maximum atomic E-state index is 11.9. The summed E-state index contributed by atoms with van der Waals surface area (Å²) in [6, 6.07) is 11.7. The lowest BCUT2D eigenvalue weighted by Crippen LogP contribution is -2.29. The fourth-order valence-electron chi connectivity index (χ4n) is 2.67. The number of benzene rings is 1. The number of carbonyl (C=O) groups is 1. The van der Waals surface area contributed by atoms with Gasteiger partial charge in [0.2, 0.25) is 5.88 Å². The van der Waals surface area contributed by atoms with Crippen molar-refractivity contribution in [3.8, 4) is 11.6 Å². The summed E-state index contributed by atoms with van der Waals surface area (Å²) >= 11 is 0. The Balaban J connectivity index is 1.82. The van der Waals surface area contributed by atoms with E-state index in [1.54, 1.807) is 13.1 Å². The summed E-state index contributed by atoms with van der Waals surface area (Å²) < 4.78 is 21.7. The van der Waals surface area contributed by atoms with Crippen LogP contribution in [0.15, 0.2) is 42.6 Å². The normalized spacial score (nSPS) is 11.7. The van der Waals surface area contributed by atoms with E-state index in [0.29, 0.717) is 38.7 Å². The van der Waals surface area contributed by atoms with Crippen molar-refractivity contribution < 1.29 is 23.7 Å². The number of rotatable bonds is 12. The minimum Gasteiger partial charge on any atom is -0.494 e. The van der Waals surface area contributed by atoms with Gasteiger partial charge in [-0.2, -0.15) is 0 Å². The number of carbonyl (C=O) groups excluding carboxylic acids is 1. The average molecular weight is 387 g/mol. The Morgan fingerprint density at radius 1 is 0.929 bits per heavy atom. The largest absolute Gasteiger partial charge is 0.494 e. The predicted molar refractivity (Wildman–Crippen MR) is 107 cm³/mol. The van der Waals surface area contributed by atoms with E-state index in [1.165, 1.54) is 5.56 Å². The van der Waals surface area contributed by atoms with Gasteiger partial charge < -0.3 is 18.9 Å². The van der Waals surface area contributed by atoms with Crippen LogP contribution in [0.4, 0.5) is 0 Å². The molecule has 0 spiro atoms. The Labute approximate surface area is 166 Å². The zero-order chi connectivity index (χ0) is 20.2. The highest BCUT2D eigenvalue weighted by atomic mass is 16.6. The number of pyridine rings is 1. The fourth-order valence-corrected chi connectivity index (χ4v) is 2.67. The Hall–Kier alpha value is -2.60. The third-order valence-corrected chi connectivity index (χ3v) is 4.01. The first-order chi connectivity index (χ1) is 13.7. The van der Waals surface area contributed by atoms with Gasteiger partial charge in [-0.1, -0.05) is 18.2 Å². The summed E-state index contributed by atoms with van der Waals surface area (Å²) in [5.74, 6) is 1.08. The van der Waals surface area contributed by atoms with Crippen LogP contribution in [-0.4, -0.2) is 43.5 Å². The maximum Gasteiger partial charge on any atom is 0.335 e. The maximum absolute atomic E-state index is 11.9. The van der Waals surface area contributed by atoms with E-state index in [1.807, 2.05) is 50.2 Å². The van der Waals surface area contributed by atoms with Crippen LogP contribution in [0, 0.1) is 0 Å². The van der Waals surface area contributed by atoms with Crippen LogP contribution in [0.2, 0.25) is 0 Å². The lowest BCUT2D eigenvalue weighted by molar-refractivity contribution is -0.156. The van der Waals surface area contributed by atoms with Gasteiger partial charge in [0.15, 0.2) is 6.10 Å². The molecule has 152 valence electrons. The smallest absolute Gasteiger partial charge is 0.335 e.